The molecule has 0 aliphatic heterocycles. The SMILES string of the molecule is CC1(C)C2CCC1(C)C(OCC(=O)C1CCCC1)C2. The van der Waals surface area contributed by atoms with Crippen LogP contribution >= 0.6 is 0 Å². The maximum absolute atomic E-state index is 12.1. The predicted molar refractivity (Wildman–Crippen MR) is 75.9 cm³/mol. The summed E-state index contributed by atoms with van der Waals surface area (Å²) in [6.07, 6.45) is 8.75. The van der Waals surface area contributed by atoms with Crippen LogP contribution in [-0.2, 0) is 9.53 Å². The molecule has 0 aromatic carbocycles. The second-order valence-corrected chi connectivity index (χ2v) is 7.86. The molecule has 19 heavy (non-hydrogen) atoms. The number of rotatable bonds is 4. The number of hydrogen-bond acceptors (Lipinski definition) is 2. The summed E-state index contributed by atoms with van der Waals surface area (Å²) in [6, 6.07) is 0. The van der Waals surface area contributed by atoms with E-state index in [0.717, 1.165) is 18.8 Å². The van der Waals surface area contributed by atoms with Gasteiger partial charge in [0.05, 0.1) is 6.10 Å². The van der Waals surface area contributed by atoms with E-state index in [1.165, 1.54) is 32.1 Å². The van der Waals surface area contributed by atoms with Crippen molar-refractivity contribution in [2.75, 3.05) is 6.61 Å². The zero-order valence-electron chi connectivity index (χ0n) is 12.7. The number of hydrogen-bond donors (Lipinski definition) is 0. The van der Waals surface area contributed by atoms with Crippen LogP contribution in [0.3, 0.4) is 0 Å². The predicted octanol–water partition coefficient (Wildman–Crippen LogP) is 3.98. The Morgan fingerprint density at radius 3 is 2.37 bits per heavy atom. The minimum atomic E-state index is 0.285. The Labute approximate surface area is 117 Å². The molecule has 3 atom stereocenters. The fourth-order valence-corrected chi connectivity index (χ4v) is 4.93. The molecule has 108 valence electrons. The Kier molecular flexibility index (Phi) is 3.28. The molecule has 0 heterocycles. The van der Waals surface area contributed by atoms with Gasteiger partial charge in [0, 0.05) is 5.92 Å². The van der Waals surface area contributed by atoms with E-state index in [1.807, 2.05) is 0 Å². The Bertz CT molecular complexity index is 367. The van der Waals surface area contributed by atoms with Crippen LogP contribution in [-0.4, -0.2) is 18.5 Å². The summed E-state index contributed by atoms with van der Waals surface area (Å²) in [7, 11) is 0. The highest BCUT2D eigenvalue weighted by Crippen LogP contribution is 2.66. The third-order valence-electron chi connectivity index (χ3n) is 6.95. The third kappa shape index (κ3) is 1.98. The lowest BCUT2D eigenvalue weighted by atomic mass is 9.70. The topological polar surface area (TPSA) is 26.3 Å². The molecule has 3 fully saturated rings. The lowest BCUT2D eigenvalue weighted by Gasteiger charge is -2.38. The summed E-state index contributed by atoms with van der Waals surface area (Å²) in [5.41, 5.74) is 0.668. The summed E-state index contributed by atoms with van der Waals surface area (Å²) in [5.74, 6) is 1.46. The van der Waals surface area contributed by atoms with Gasteiger partial charge < -0.3 is 4.74 Å². The van der Waals surface area contributed by atoms with Crippen LogP contribution in [0.1, 0.15) is 65.7 Å². The third-order valence-corrected chi connectivity index (χ3v) is 6.95. The van der Waals surface area contributed by atoms with E-state index < -0.39 is 0 Å². The summed E-state index contributed by atoms with van der Waals surface area (Å²) in [5, 5.41) is 0. The molecule has 2 heteroatoms. The minimum Gasteiger partial charge on any atom is -0.370 e. The summed E-state index contributed by atoms with van der Waals surface area (Å²) in [6.45, 7) is 7.54. The van der Waals surface area contributed by atoms with Crippen molar-refractivity contribution in [3.8, 4) is 0 Å². The van der Waals surface area contributed by atoms with Gasteiger partial charge in [0.25, 0.3) is 0 Å². The molecule has 3 saturated carbocycles. The maximum atomic E-state index is 12.1. The van der Waals surface area contributed by atoms with Crippen LogP contribution in [0.2, 0.25) is 0 Å². The van der Waals surface area contributed by atoms with Crippen molar-refractivity contribution in [2.45, 2.75) is 71.8 Å². The molecule has 0 N–H and O–H groups in total. The van der Waals surface area contributed by atoms with E-state index in [2.05, 4.69) is 20.8 Å². The number of carbonyl (C=O) groups is 1. The highest BCUT2D eigenvalue weighted by molar-refractivity contribution is 5.82. The number of fused-ring (bicyclic) bond motifs is 2. The van der Waals surface area contributed by atoms with Crippen LogP contribution in [0.4, 0.5) is 0 Å². The van der Waals surface area contributed by atoms with Gasteiger partial charge in [0.15, 0.2) is 5.78 Å². The van der Waals surface area contributed by atoms with Crippen molar-refractivity contribution in [3.63, 3.8) is 0 Å². The van der Waals surface area contributed by atoms with Crippen LogP contribution in [0, 0.1) is 22.7 Å². The van der Waals surface area contributed by atoms with Crippen molar-refractivity contribution >= 4 is 5.78 Å². The van der Waals surface area contributed by atoms with Crippen LogP contribution in [0.15, 0.2) is 0 Å². The van der Waals surface area contributed by atoms with Gasteiger partial charge in [-0.2, -0.15) is 0 Å². The quantitative estimate of drug-likeness (QED) is 0.768. The van der Waals surface area contributed by atoms with Crippen molar-refractivity contribution in [3.05, 3.63) is 0 Å². The lowest BCUT2D eigenvalue weighted by Crippen LogP contribution is -2.38. The van der Waals surface area contributed by atoms with Gasteiger partial charge in [-0.25, -0.2) is 0 Å². The Hall–Kier alpha value is -0.370. The van der Waals surface area contributed by atoms with Crippen LogP contribution in [0.5, 0.6) is 0 Å². The molecular formula is C17H28O2. The largest absolute Gasteiger partial charge is 0.370 e. The monoisotopic (exact) mass is 264 g/mol. The number of carbonyl (C=O) groups excluding carboxylic acids is 1. The molecule has 3 aliphatic carbocycles. The van der Waals surface area contributed by atoms with Gasteiger partial charge in [0.2, 0.25) is 0 Å². The Morgan fingerprint density at radius 2 is 1.84 bits per heavy atom. The number of Topliss-reactive ketones (excluding diaryl/α,β-unsaturated/α-hetero) is 1. The Balaban J connectivity index is 1.58. The van der Waals surface area contributed by atoms with Gasteiger partial charge >= 0.3 is 0 Å². The normalized spacial score (nSPS) is 41.0. The maximum Gasteiger partial charge on any atom is 0.161 e. The fourth-order valence-electron chi connectivity index (χ4n) is 4.93. The van der Waals surface area contributed by atoms with Crippen molar-refractivity contribution < 1.29 is 9.53 Å². The average molecular weight is 264 g/mol. The molecule has 3 aliphatic rings. The van der Waals surface area contributed by atoms with Gasteiger partial charge in [-0.1, -0.05) is 33.6 Å². The second kappa shape index (κ2) is 4.58. The summed E-state index contributed by atoms with van der Waals surface area (Å²) < 4.78 is 6.10. The van der Waals surface area contributed by atoms with Crippen molar-refractivity contribution in [2.24, 2.45) is 22.7 Å². The molecule has 0 spiro atoms. The van der Waals surface area contributed by atoms with E-state index in [-0.39, 0.29) is 5.41 Å². The highest BCUT2D eigenvalue weighted by atomic mass is 16.5. The van der Waals surface area contributed by atoms with Gasteiger partial charge in [-0.15, -0.1) is 0 Å². The highest BCUT2D eigenvalue weighted by Gasteiger charge is 2.61. The number of ketones is 1. The summed E-state index contributed by atoms with van der Waals surface area (Å²) in [4.78, 5) is 12.1. The molecule has 2 bridgehead atoms. The first-order valence-corrected chi connectivity index (χ1v) is 8.09. The number of ether oxygens (including phenoxy) is 1. The first kappa shape index (κ1) is 13.6. The molecule has 0 aromatic heterocycles. The van der Waals surface area contributed by atoms with Gasteiger partial charge in [-0.05, 0) is 48.9 Å². The second-order valence-electron chi connectivity index (χ2n) is 7.86. The van der Waals surface area contributed by atoms with Crippen LogP contribution in [0.25, 0.3) is 0 Å². The Morgan fingerprint density at radius 1 is 1.16 bits per heavy atom. The zero-order chi connectivity index (χ0) is 13.7. The standard InChI is InChI=1S/C17H28O2/c1-16(2)13-8-9-17(16,3)15(10-13)19-11-14(18)12-6-4-5-7-12/h12-13,15H,4-11H2,1-3H3. The van der Waals surface area contributed by atoms with Crippen molar-refractivity contribution in [1.82, 2.24) is 0 Å². The van der Waals surface area contributed by atoms with E-state index in [4.69, 9.17) is 4.74 Å². The molecule has 0 saturated heterocycles. The lowest BCUT2D eigenvalue weighted by molar-refractivity contribution is -0.133. The van der Waals surface area contributed by atoms with E-state index in [0.29, 0.717) is 29.8 Å². The average Bonchev–Trinajstić information content (AvgIpc) is 3.01. The molecule has 0 aromatic rings. The summed E-state index contributed by atoms with van der Waals surface area (Å²) >= 11 is 0. The van der Waals surface area contributed by atoms with Gasteiger partial charge in [-0.3, -0.25) is 4.79 Å². The smallest absolute Gasteiger partial charge is 0.161 e. The first-order chi connectivity index (χ1) is 8.95. The fraction of sp³-hybridized carbons (Fsp3) is 0.941. The van der Waals surface area contributed by atoms with Crippen LogP contribution < -0.4 is 0 Å². The minimum absolute atomic E-state index is 0.285. The molecule has 3 rings (SSSR count). The molecular weight excluding hydrogens is 236 g/mol. The molecule has 0 radical (unpaired) electrons. The van der Waals surface area contributed by atoms with E-state index in [9.17, 15) is 4.79 Å². The van der Waals surface area contributed by atoms with E-state index >= 15 is 0 Å². The van der Waals surface area contributed by atoms with Crippen molar-refractivity contribution in [1.29, 1.82) is 0 Å². The molecule has 2 nitrogen and oxygen atoms in total. The van der Waals surface area contributed by atoms with E-state index in [1.54, 1.807) is 0 Å². The van der Waals surface area contributed by atoms with Gasteiger partial charge in [0.1, 0.15) is 6.61 Å². The molecule has 0 amide bonds. The molecule has 3 unspecified atom stereocenters. The zero-order valence-corrected chi connectivity index (χ0v) is 12.7. The first-order valence-electron chi connectivity index (χ1n) is 8.09.